The lowest BCUT2D eigenvalue weighted by Gasteiger charge is -2.10. The molecular formula is C14H11N5O5S. The second-order valence-electron chi connectivity index (χ2n) is 4.90. The number of benzene rings is 2. The quantitative estimate of drug-likeness (QED) is 0.429. The predicted octanol–water partition coefficient (Wildman–Crippen LogP) is 1.88. The minimum Gasteiger partial charge on any atom is -0.506 e. The highest BCUT2D eigenvalue weighted by molar-refractivity contribution is 7.89. The van der Waals surface area contributed by atoms with Crippen molar-refractivity contribution in [1.29, 1.82) is 0 Å². The van der Waals surface area contributed by atoms with Crippen molar-refractivity contribution in [2.45, 2.75) is 0 Å². The number of nitrogens with one attached hydrogen (secondary N) is 2. The fraction of sp³-hybridized carbons (Fsp3) is 0. The number of phenols is 1. The SMILES string of the molecule is O=[N+]([O-])c1ccc(NC2=NS(=O)(=O)N=C2Nc2ccccc2)c(O)c1. The summed E-state index contributed by atoms with van der Waals surface area (Å²) >= 11 is 0. The summed E-state index contributed by atoms with van der Waals surface area (Å²) in [5.74, 6) is -0.641. The standard InChI is InChI=1S/C14H11N5O5S/c20-12-8-10(19(21)22)6-7-11(12)16-14-13(17-25(23,24)18-14)15-9-4-2-1-3-5-9/h1-8,20H,(H,15,17)(H,16,18). The Morgan fingerprint density at radius 1 is 1.00 bits per heavy atom. The molecule has 3 rings (SSSR count). The van der Waals surface area contributed by atoms with E-state index in [1.54, 1.807) is 30.3 Å². The van der Waals surface area contributed by atoms with E-state index in [2.05, 4.69) is 19.4 Å². The van der Waals surface area contributed by atoms with Gasteiger partial charge in [0.15, 0.2) is 11.7 Å². The number of para-hydroxylation sites is 1. The van der Waals surface area contributed by atoms with Crippen molar-refractivity contribution >= 4 is 38.9 Å². The first-order valence-corrected chi connectivity index (χ1v) is 8.25. The van der Waals surface area contributed by atoms with Gasteiger partial charge < -0.3 is 15.7 Å². The van der Waals surface area contributed by atoms with Gasteiger partial charge in [0.1, 0.15) is 5.75 Å². The van der Waals surface area contributed by atoms with Crippen LogP contribution in [0.1, 0.15) is 0 Å². The molecule has 3 N–H and O–H groups in total. The summed E-state index contributed by atoms with van der Waals surface area (Å²) in [5.41, 5.74) is 0.324. The van der Waals surface area contributed by atoms with Crippen molar-refractivity contribution in [2.75, 3.05) is 10.6 Å². The summed E-state index contributed by atoms with van der Waals surface area (Å²) in [7, 11) is -4.06. The number of hydrogen-bond donors (Lipinski definition) is 3. The van der Waals surface area contributed by atoms with Gasteiger partial charge in [0, 0.05) is 11.8 Å². The van der Waals surface area contributed by atoms with E-state index < -0.39 is 20.9 Å². The van der Waals surface area contributed by atoms with Gasteiger partial charge in [0.25, 0.3) is 5.69 Å². The van der Waals surface area contributed by atoms with Gasteiger partial charge in [0.2, 0.25) is 0 Å². The van der Waals surface area contributed by atoms with E-state index in [1.165, 1.54) is 6.07 Å². The number of phenolic OH excluding ortho intramolecular Hbond substituents is 1. The number of aromatic hydroxyl groups is 1. The minimum atomic E-state index is -4.06. The van der Waals surface area contributed by atoms with Gasteiger partial charge >= 0.3 is 10.2 Å². The molecule has 2 aromatic carbocycles. The van der Waals surface area contributed by atoms with Crippen molar-refractivity contribution in [2.24, 2.45) is 8.80 Å². The highest BCUT2D eigenvalue weighted by atomic mass is 32.2. The zero-order valence-corrected chi connectivity index (χ0v) is 13.3. The van der Waals surface area contributed by atoms with E-state index in [-0.39, 0.29) is 23.0 Å². The van der Waals surface area contributed by atoms with Crippen molar-refractivity contribution in [1.82, 2.24) is 0 Å². The summed E-state index contributed by atoms with van der Waals surface area (Å²) in [4.78, 5) is 10.0. The van der Waals surface area contributed by atoms with Crippen molar-refractivity contribution in [3.05, 3.63) is 58.6 Å². The van der Waals surface area contributed by atoms with Gasteiger partial charge in [-0.2, -0.15) is 8.42 Å². The third kappa shape index (κ3) is 3.72. The molecule has 0 amide bonds. The minimum absolute atomic E-state index is 0.0454. The normalized spacial score (nSPS) is 15.2. The Bertz CT molecular complexity index is 1000. The Hall–Kier alpha value is -3.47. The molecule has 2 aromatic rings. The Morgan fingerprint density at radius 3 is 2.24 bits per heavy atom. The molecule has 0 fully saturated rings. The number of amidine groups is 2. The van der Waals surface area contributed by atoms with Crippen molar-refractivity contribution in [3.8, 4) is 5.75 Å². The maximum atomic E-state index is 11.7. The lowest BCUT2D eigenvalue weighted by atomic mass is 10.2. The van der Waals surface area contributed by atoms with Gasteiger partial charge in [-0.05, 0) is 18.2 Å². The van der Waals surface area contributed by atoms with Crippen LogP contribution in [-0.4, -0.2) is 30.1 Å². The molecule has 11 heteroatoms. The molecule has 0 atom stereocenters. The van der Waals surface area contributed by atoms with E-state index in [1.807, 2.05) is 0 Å². The van der Waals surface area contributed by atoms with Crippen LogP contribution in [0, 0.1) is 10.1 Å². The Morgan fingerprint density at radius 2 is 1.64 bits per heavy atom. The fourth-order valence-corrected chi connectivity index (χ4v) is 2.79. The van der Waals surface area contributed by atoms with Crippen molar-refractivity contribution in [3.63, 3.8) is 0 Å². The third-order valence-electron chi connectivity index (χ3n) is 3.12. The summed E-state index contributed by atoms with van der Waals surface area (Å²) < 4.78 is 30.3. The molecule has 0 saturated heterocycles. The van der Waals surface area contributed by atoms with Gasteiger partial charge in [-0.3, -0.25) is 10.1 Å². The van der Waals surface area contributed by atoms with Gasteiger partial charge in [-0.1, -0.05) is 18.2 Å². The van der Waals surface area contributed by atoms with Crippen LogP contribution in [-0.2, 0) is 10.2 Å². The molecule has 1 aliphatic rings. The number of non-ortho nitro benzene ring substituents is 1. The average Bonchev–Trinajstić information content (AvgIpc) is 2.83. The predicted molar refractivity (Wildman–Crippen MR) is 92.2 cm³/mol. The molecule has 0 spiro atoms. The van der Waals surface area contributed by atoms with E-state index in [0.717, 1.165) is 12.1 Å². The maximum Gasteiger partial charge on any atom is 0.367 e. The topological polar surface area (TPSA) is 146 Å². The highest BCUT2D eigenvalue weighted by Crippen LogP contribution is 2.28. The maximum absolute atomic E-state index is 11.7. The molecule has 128 valence electrons. The van der Waals surface area contributed by atoms with E-state index in [0.29, 0.717) is 5.69 Å². The first-order valence-electron chi connectivity index (χ1n) is 6.86. The zero-order valence-electron chi connectivity index (χ0n) is 12.4. The Labute approximate surface area is 141 Å². The Balaban J connectivity index is 1.88. The molecule has 0 radical (unpaired) electrons. The number of anilines is 2. The largest absolute Gasteiger partial charge is 0.506 e. The van der Waals surface area contributed by atoms with Gasteiger partial charge in [-0.15, -0.1) is 8.80 Å². The second kappa shape index (κ2) is 6.20. The lowest BCUT2D eigenvalue weighted by Crippen LogP contribution is -2.27. The van der Waals surface area contributed by atoms with E-state index >= 15 is 0 Å². The highest BCUT2D eigenvalue weighted by Gasteiger charge is 2.25. The second-order valence-corrected chi connectivity index (χ2v) is 6.16. The van der Waals surface area contributed by atoms with Crippen molar-refractivity contribution < 1.29 is 18.4 Å². The molecule has 0 bridgehead atoms. The van der Waals surface area contributed by atoms with Crippen LogP contribution in [0.25, 0.3) is 0 Å². The van der Waals surface area contributed by atoms with Crippen LogP contribution in [0.2, 0.25) is 0 Å². The lowest BCUT2D eigenvalue weighted by molar-refractivity contribution is -0.384. The fourth-order valence-electron chi connectivity index (χ4n) is 2.03. The summed E-state index contributed by atoms with van der Waals surface area (Å²) in [6.07, 6.45) is 0. The van der Waals surface area contributed by atoms with Gasteiger partial charge in [0.05, 0.1) is 16.7 Å². The number of nitrogens with zero attached hydrogens (tertiary/aromatic N) is 3. The molecule has 0 aliphatic carbocycles. The molecule has 0 saturated carbocycles. The number of rotatable bonds is 3. The van der Waals surface area contributed by atoms with Crippen LogP contribution >= 0.6 is 0 Å². The monoisotopic (exact) mass is 361 g/mol. The van der Waals surface area contributed by atoms with Crippen LogP contribution in [0.15, 0.2) is 57.3 Å². The van der Waals surface area contributed by atoms with Gasteiger partial charge in [-0.25, -0.2) is 0 Å². The molecule has 0 unspecified atom stereocenters. The van der Waals surface area contributed by atoms with Crippen LogP contribution < -0.4 is 10.6 Å². The van der Waals surface area contributed by atoms with Crippen LogP contribution in [0.4, 0.5) is 17.1 Å². The molecule has 10 nitrogen and oxygen atoms in total. The van der Waals surface area contributed by atoms with Crippen LogP contribution in [0.3, 0.4) is 0 Å². The number of nitro benzene ring substituents is 1. The smallest absolute Gasteiger partial charge is 0.367 e. The summed E-state index contributed by atoms with van der Waals surface area (Å²) in [6.45, 7) is 0. The molecule has 1 heterocycles. The molecule has 25 heavy (non-hydrogen) atoms. The van der Waals surface area contributed by atoms with E-state index in [4.69, 9.17) is 0 Å². The van der Waals surface area contributed by atoms with E-state index in [9.17, 15) is 23.6 Å². The summed E-state index contributed by atoms with van der Waals surface area (Å²) in [6, 6.07) is 12.0. The third-order valence-corrected chi connectivity index (χ3v) is 3.95. The first kappa shape index (κ1) is 16.4. The average molecular weight is 361 g/mol. The molecule has 1 aliphatic heterocycles. The first-order chi connectivity index (χ1) is 11.8. The zero-order chi connectivity index (χ0) is 18.0. The number of nitro groups is 1. The Kier molecular flexibility index (Phi) is 4.07. The molecular weight excluding hydrogens is 350 g/mol. The molecule has 0 aromatic heterocycles. The summed E-state index contributed by atoms with van der Waals surface area (Å²) in [5, 5.41) is 26.0. The van der Waals surface area contributed by atoms with Crippen LogP contribution in [0.5, 0.6) is 5.75 Å². The number of hydrogen-bond acceptors (Lipinski definition) is 7.